The summed E-state index contributed by atoms with van der Waals surface area (Å²) in [7, 11) is 1.80. The molecule has 4 heteroatoms. The van der Waals surface area contributed by atoms with Gasteiger partial charge in [-0.15, -0.1) is 0 Å². The summed E-state index contributed by atoms with van der Waals surface area (Å²) in [5, 5.41) is 5.96. The quantitative estimate of drug-likeness (QED) is 0.886. The summed E-state index contributed by atoms with van der Waals surface area (Å²) in [6.07, 6.45) is 1.60. The minimum Gasteiger partial charge on any atom is -0.467 e. The number of benzene rings is 1. The molecule has 0 bridgehead atoms. The molecule has 0 radical (unpaired) electrons. The standard InChI is InChI=1S/C15H18N2O2/c1-10-6-7-13(16-3)12(9-10)15(18)17-11(2)14-5-4-8-19-14/h4-9,11,16H,1-3H3,(H,17,18). The summed E-state index contributed by atoms with van der Waals surface area (Å²) in [5.74, 6) is 0.629. The van der Waals surface area contributed by atoms with E-state index in [0.29, 0.717) is 5.56 Å². The van der Waals surface area contributed by atoms with Crippen LogP contribution in [0.4, 0.5) is 5.69 Å². The van der Waals surface area contributed by atoms with E-state index in [4.69, 9.17) is 4.42 Å². The van der Waals surface area contributed by atoms with Crippen molar-refractivity contribution in [2.75, 3.05) is 12.4 Å². The van der Waals surface area contributed by atoms with Gasteiger partial charge in [0.25, 0.3) is 5.91 Å². The molecule has 0 saturated heterocycles. The van der Waals surface area contributed by atoms with Crippen LogP contribution in [0.1, 0.15) is 34.6 Å². The zero-order valence-corrected chi connectivity index (χ0v) is 11.4. The summed E-state index contributed by atoms with van der Waals surface area (Å²) in [5.41, 5.74) is 2.51. The Morgan fingerprint density at radius 1 is 1.32 bits per heavy atom. The summed E-state index contributed by atoms with van der Waals surface area (Å²) in [6.45, 7) is 3.86. The van der Waals surface area contributed by atoms with E-state index >= 15 is 0 Å². The molecular formula is C15H18N2O2. The molecule has 0 saturated carbocycles. The van der Waals surface area contributed by atoms with Gasteiger partial charge in [-0.25, -0.2) is 0 Å². The summed E-state index contributed by atoms with van der Waals surface area (Å²) in [4.78, 5) is 12.3. The molecule has 0 spiro atoms. The normalized spacial score (nSPS) is 11.9. The van der Waals surface area contributed by atoms with Crippen molar-refractivity contribution < 1.29 is 9.21 Å². The third kappa shape index (κ3) is 2.96. The minimum absolute atomic E-state index is 0.114. The van der Waals surface area contributed by atoms with Crippen LogP contribution in [0.3, 0.4) is 0 Å². The Hall–Kier alpha value is -2.23. The van der Waals surface area contributed by atoms with Crippen molar-refractivity contribution in [2.45, 2.75) is 19.9 Å². The zero-order valence-electron chi connectivity index (χ0n) is 11.4. The number of nitrogens with one attached hydrogen (secondary N) is 2. The molecule has 19 heavy (non-hydrogen) atoms. The third-order valence-corrected chi connectivity index (χ3v) is 3.01. The van der Waals surface area contributed by atoms with Gasteiger partial charge in [0.05, 0.1) is 17.9 Å². The molecule has 0 aliphatic heterocycles. The van der Waals surface area contributed by atoms with Crippen LogP contribution in [0, 0.1) is 6.92 Å². The molecule has 4 nitrogen and oxygen atoms in total. The van der Waals surface area contributed by atoms with Crippen molar-refractivity contribution in [1.29, 1.82) is 0 Å². The second kappa shape index (κ2) is 5.61. The lowest BCUT2D eigenvalue weighted by Gasteiger charge is -2.14. The lowest BCUT2D eigenvalue weighted by atomic mass is 10.1. The van der Waals surface area contributed by atoms with E-state index in [0.717, 1.165) is 17.0 Å². The van der Waals surface area contributed by atoms with Crippen molar-refractivity contribution in [2.24, 2.45) is 0 Å². The summed E-state index contributed by atoms with van der Waals surface area (Å²) < 4.78 is 5.28. The van der Waals surface area contributed by atoms with Gasteiger partial charge in [0, 0.05) is 12.7 Å². The van der Waals surface area contributed by atoms with Gasteiger partial charge in [0.2, 0.25) is 0 Å². The van der Waals surface area contributed by atoms with Gasteiger partial charge in [-0.1, -0.05) is 11.6 Å². The second-order valence-corrected chi connectivity index (χ2v) is 4.51. The van der Waals surface area contributed by atoms with Crippen molar-refractivity contribution in [3.8, 4) is 0 Å². The molecule has 2 N–H and O–H groups in total. The highest BCUT2D eigenvalue weighted by Crippen LogP contribution is 2.19. The number of anilines is 1. The average Bonchev–Trinajstić information content (AvgIpc) is 2.92. The fraction of sp³-hybridized carbons (Fsp3) is 0.267. The Morgan fingerprint density at radius 2 is 2.11 bits per heavy atom. The topological polar surface area (TPSA) is 54.3 Å². The zero-order chi connectivity index (χ0) is 13.8. The van der Waals surface area contributed by atoms with Gasteiger partial charge < -0.3 is 15.1 Å². The van der Waals surface area contributed by atoms with Crippen molar-refractivity contribution in [3.63, 3.8) is 0 Å². The van der Waals surface area contributed by atoms with Gasteiger partial charge in [-0.3, -0.25) is 4.79 Å². The van der Waals surface area contributed by atoms with Crippen LogP contribution in [-0.2, 0) is 0 Å². The highest BCUT2D eigenvalue weighted by molar-refractivity contribution is 6.00. The maximum absolute atomic E-state index is 12.3. The molecule has 2 rings (SSSR count). The SMILES string of the molecule is CNc1ccc(C)cc1C(=O)NC(C)c1ccco1. The van der Waals surface area contributed by atoms with E-state index in [1.54, 1.807) is 13.3 Å². The average molecular weight is 258 g/mol. The molecule has 0 fully saturated rings. The molecule has 2 aromatic rings. The van der Waals surface area contributed by atoms with E-state index in [1.165, 1.54) is 0 Å². The molecule has 0 aliphatic carbocycles. The van der Waals surface area contributed by atoms with Crippen LogP contribution in [0.15, 0.2) is 41.0 Å². The molecular weight excluding hydrogens is 240 g/mol. The van der Waals surface area contributed by atoms with Gasteiger partial charge in [0.15, 0.2) is 0 Å². The maximum atomic E-state index is 12.3. The smallest absolute Gasteiger partial charge is 0.253 e. The van der Waals surface area contributed by atoms with E-state index < -0.39 is 0 Å². The number of carbonyl (C=O) groups excluding carboxylic acids is 1. The Bertz CT molecular complexity index is 562. The predicted octanol–water partition coefficient (Wildman–Crippen LogP) is 3.12. The van der Waals surface area contributed by atoms with Gasteiger partial charge >= 0.3 is 0 Å². The van der Waals surface area contributed by atoms with Crippen molar-refractivity contribution >= 4 is 11.6 Å². The van der Waals surface area contributed by atoms with Gasteiger partial charge in [-0.2, -0.15) is 0 Å². The van der Waals surface area contributed by atoms with Gasteiger partial charge in [0.1, 0.15) is 5.76 Å². The number of aryl methyl sites for hydroxylation is 1. The number of hydrogen-bond donors (Lipinski definition) is 2. The fourth-order valence-electron chi connectivity index (χ4n) is 1.95. The van der Waals surface area contributed by atoms with Crippen LogP contribution in [-0.4, -0.2) is 13.0 Å². The third-order valence-electron chi connectivity index (χ3n) is 3.01. The van der Waals surface area contributed by atoms with E-state index in [1.807, 2.05) is 44.2 Å². The summed E-state index contributed by atoms with van der Waals surface area (Å²) >= 11 is 0. The number of carbonyl (C=O) groups is 1. The first-order chi connectivity index (χ1) is 9.11. The van der Waals surface area contributed by atoms with Crippen LogP contribution in [0.5, 0.6) is 0 Å². The van der Waals surface area contributed by atoms with E-state index in [-0.39, 0.29) is 11.9 Å². The maximum Gasteiger partial charge on any atom is 0.253 e. The number of amides is 1. The number of furan rings is 1. The first-order valence-electron chi connectivity index (χ1n) is 6.24. The Morgan fingerprint density at radius 3 is 2.74 bits per heavy atom. The van der Waals surface area contributed by atoms with E-state index in [9.17, 15) is 4.79 Å². The van der Waals surface area contributed by atoms with Crippen LogP contribution < -0.4 is 10.6 Å². The highest BCUT2D eigenvalue weighted by Gasteiger charge is 2.16. The first-order valence-corrected chi connectivity index (χ1v) is 6.24. The first kappa shape index (κ1) is 13.2. The number of hydrogen-bond acceptors (Lipinski definition) is 3. The molecule has 1 amide bonds. The Kier molecular flexibility index (Phi) is 3.90. The van der Waals surface area contributed by atoms with E-state index in [2.05, 4.69) is 10.6 Å². The monoisotopic (exact) mass is 258 g/mol. The largest absolute Gasteiger partial charge is 0.467 e. The molecule has 1 unspecified atom stereocenters. The van der Waals surface area contributed by atoms with Crippen LogP contribution in [0.25, 0.3) is 0 Å². The predicted molar refractivity (Wildman–Crippen MR) is 75.3 cm³/mol. The van der Waals surface area contributed by atoms with Crippen molar-refractivity contribution in [3.05, 3.63) is 53.5 Å². The highest BCUT2D eigenvalue weighted by atomic mass is 16.3. The lowest BCUT2D eigenvalue weighted by Crippen LogP contribution is -2.27. The lowest BCUT2D eigenvalue weighted by molar-refractivity contribution is 0.0936. The Balaban J connectivity index is 2.18. The molecule has 1 aromatic carbocycles. The fourth-order valence-corrected chi connectivity index (χ4v) is 1.95. The second-order valence-electron chi connectivity index (χ2n) is 4.51. The molecule has 1 atom stereocenters. The molecule has 1 aromatic heterocycles. The Labute approximate surface area is 112 Å². The van der Waals surface area contributed by atoms with Crippen LogP contribution in [0.2, 0.25) is 0 Å². The molecule has 1 heterocycles. The van der Waals surface area contributed by atoms with Crippen LogP contribution >= 0.6 is 0 Å². The molecule has 100 valence electrons. The summed E-state index contributed by atoms with van der Waals surface area (Å²) in [6, 6.07) is 9.24. The number of rotatable bonds is 4. The molecule has 0 aliphatic rings. The van der Waals surface area contributed by atoms with Gasteiger partial charge in [-0.05, 0) is 38.1 Å². The van der Waals surface area contributed by atoms with Crippen molar-refractivity contribution in [1.82, 2.24) is 5.32 Å². The minimum atomic E-state index is -0.160.